The van der Waals surface area contributed by atoms with Gasteiger partial charge in [0.2, 0.25) is 0 Å². The smallest absolute Gasteiger partial charge is 0.262 e. The highest BCUT2D eigenvalue weighted by Crippen LogP contribution is 2.21. The summed E-state index contributed by atoms with van der Waals surface area (Å²) in [7, 11) is 0. The van der Waals surface area contributed by atoms with Crippen LogP contribution in [0.15, 0.2) is 34.2 Å². The maximum Gasteiger partial charge on any atom is 0.262 e. The van der Waals surface area contributed by atoms with Crippen molar-refractivity contribution in [3.05, 3.63) is 34.6 Å². The average Bonchev–Trinajstić information content (AvgIpc) is 2.39. The highest BCUT2D eigenvalue weighted by atomic mass is 32.2. The third kappa shape index (κ3) is 2.24. The number of fused-ring (bicyclic) bond motifs is 1. The van der Waals surface area contributed by atoms with Gasteiger partial charge in [-0.25, -0.2) is 4.98 Å². The van der Waals surface area contributed by atoms with E-state index in [9.17, 15) is 4.79 Å². The van der Waals surface area contributed by atoms with Crippen molar-refractivity contribution in [1.82, 2.24) is 9.55 Å². The summed E-state index contributed by atoms with van der Waals surface area (Å²) in [6, 6.07) is 9.42. The van der Waals surface area contributed by atoms with E-state index in [1.165, 1.54) is 11.8 Å². The summed E-state index contributed by atoms with van der Waals surface area (Å²) in [5.41, 5.74) is 0.635. The third-order valence-electron chi connectivity index (χ3n) is 2.61. The molecule has 4 nitrogen and oxygen atoms in total. The second-order valence-electron chi connectivity index (χ2n) is 3.85. The first-order chi connectivity index (χ1) is 8.67. The maximum atomic E-state index is 12.3. The van der Waals surface area contributed by atoms with E-state index in [1.54, 1.807) is 17.6 Å². The van der Waals surface area contributed by atoms with Gasteiger partial charge >= 0.3 is 0 Å². The van der Waals surface area contributed by atoms with Crippen molar-refractivity contribution < 1.29 is 0 Å². The Morgan fingerprint density at radius 3 is 2.89 bits per heavy atom. The summed E-state index contributed by atoms with van der Waals surface area (Å²) >= 11 is 1.31. The van der Waals surface area contributed by atoms with Gasteiger partial charge in [0.1, 0.15) is 0 Å². The Morgan fingerprint density at radius 1 is 1.50 bits per heavy atom. The first-order valence-electron chi connectivity index (χ1n) is 5.73. The normalized spacial score (nSPS) is 12.3. The lowest BCUT2D eigenvalue weighted by Gasteiger charge is -2.11. The highest BCUT2D eigenvalue weighted by Gasteiger charge is 2.12. The lowest BCUT2D eigenvalue weighted by Crippen LogP contribution is -2.22. The van der Waals surface area contributed by atoms with Crippen LogP contribution >= 0.6 is 11.8 Å². The summed E-state index contributed by atoms with van der Waals surface area (Å²) in [6.07, 6.45) is 0. The topological polar surface area (TPSA) is 58.7 Å². The Hall–Kier alpha value is -1.80. The van der Waals surface area contributed by atoms with Crippen LogP contribution in [0.4, 0.5) is 0 Å². The van der Waals surface area contributed by atoms with Gasteiger partial charge in [-0.2, -0.15) is 5.26 Å². The van der Waals surface area contributed by atoms with Crippen LogP contribution in [-0.4, -0.2) is 14.8 Å². The molecule has 0 fully saturated rings. The molecule has 2 aromatic rings. The number of nitriles is 1. The molecule has 1 aromatic carbocycles. The quantitative estimate of drug-likeness (QED) is 0.627. The van der Waals surface area contributed by atoms with Gasteiger partial charge in [-0.3, -0.25) is 9.36 Å². The van der Waals surface area contributed by atoms with Crippen LogP contribution in [0.3, 0.4) is 0 Å². The Kier molecular flexibility index (Phi) is 3.68. The van der Waals surface area contributed by atoms with Gasteiger partial charge in [0.25, 0.3) is 5.56 Å². The molecule has 0 aliphatic rings. The molecule has 18 heavy (non-hydrogen) atoms. The number of aromatic nitrogens is 2. The fraction of sp³-hybridized carbons (Fsp3) is 0.308. The van der Waals surface area contributed by atoms with Gasteiger partial charge in [0.15, 0.2) is 5.16 Å². The zero-order valence-corrected chi connectivity index (χ0v) is 11.1. The van der Waals surface area contributed by atoms with Crippen LogP contribution in [0.25, 0.3) is 10.9 Å². The fourth-order valence-corrected chi connectivity index (χ4v) is 2.56. The van der Waals surface area contributed by atoms with Crippen molar-refractivity contribution >= 4 is 22.7 Å². The van der Waals surface area contributed by atoms with E-state index in [-0.39, 0.29) is 10.8 Å². The van der Waals surface area contributed by atoms with Gasteiger partial charge in [-0.05, 0) is 26.0 Å². The van der Waals surface area contributed by atoms with Crippen molar-refractivity contribution in [2.24, 2.45) is 0 Å². The molecule has 1 atom stereocenters. The summed E-state index contributed by atoms with van der Waals surface area (Å²) in [6.45, 7) is 4.25. The minimum atomic E-state index is -0.226. The van der Waals surface area contributed by atoms with Gasteiger partial charge in [0.05, 0.1) is 22.2 Å². The molecule has 0 aliphatic heterocycles. The number of benzene rings is 1. The van der Waals surface area contributed by atoms with Crippen molar-refractivity contribution in [2.75, 3.05) is 0 Å². The molecule has 0 amide bonds. The number of hydrogen-bond acceptors (Lipinski definition) is 4. The Morgan fingerprint density at radius 2 is 2.22 bits per heavy atom. The summed E-state index contributed by atoms with van der Waals surface area (Å²) in [5.74, 6) is 0. The zero-order chi connectivity index (χ0) is 13.1. The number of thioether (sulfide) groups is 1. The molecule has 0 unspecified atom stereocenters. The van der Waals surface area contributed by atoms with Crippen LogP contribution in [0.1, 0.15) is 13.8 Å². The van der Waals surface area contributed by atoms with Crippen LogP contribution in [0.5, 0.6) is 0 Å². The van der Waals surface area contributed by atoms with E-state index in [1.807, 2.05) is 25.1 Å². The van der Waals surface area contributed by atoms with E-state index in [0.717, 1.165) is 0 Å². The highest BCUT2D eigenvalue weighted by molar-refractivity contribution is 8.00. The van der Waals surface area contributed by atoms with Crippen LogP contribution in [-0.2, 0) is 6.54 Å². The zero-order valence-electron chi connectivity index (χ0n) is 10.3. The molecule has 2 rings (SSSR count). The molecule has 1 heterocycles. The summed E-state index contributed by atoms with van der Waals surface area (Å²) < 4.78 is 1.61. The standard InChI is InChI=1S/C13H13N3OS/c1-3-16-12(17)10-6-4-5-7-11(10)15-13(16)18-9(2)8-14/h4-7,9H,3H2,1-2H3/t9-/m0/s1. The van der Waals surface area contributed by atoms with Crippen LogP contribution in [0, 0.1) is 11.3 Å². The van der Waals surface area contributed by atoms with Gasteiger partial charge in [-0.1, -0.05) is 23.9 Å². The number of hydrogen-bond donors (Lipinski definition) is 0. The minimum Gasteiger partial charge on any atom is -0.287 e. The number of rotatable bonds is 3. The molecule has 0 bridgehead atoms. The molecule has 0 saturated carbocycles. The van der Waals surface area contributed by atoms with E-state index in [0.29, 0.717) is 22.6 Å². The lowest BCUT2D eigenvalue weighted by molar-refractivity contribution is 0.634. The fourth-order valence-electron chi connectivity index (χ4n) is 1.70. The first kappa shape index (κ1) is 12.7. The second-order valence-corrected chi connectivity index (χ2v) is 5.16. The number of para-hydroxylation sites is 1. The predicted octanol–water partition coefficient (Wildman–Crippen LogP) is 2.42. The molecular weight excluding hydrogens is 246 g/mol. The van der Waals surface area contributed by atoms with Crippen LogP contribution in [0.2, 0.25) is 0 Å². The van der Waals surface area contributed by atoms with E-state index < -0.39 is 0 Å². The molecule has 1 aromatic heterocycles. The SMILES string of the molecule is CCn1c(S[C@@H](C)C#N)nc2ccccc2c1=O. The summed E-state index contributed by atoms with van der Waals surface area (Å²) in [5, 5.41) is 9.86. The van der Waals surface area contributed by atoms with Crippen molar-refractivity contribution in [2.45, 2.75) is 30.8 Å². The summed E-state index contributed by atoms with van der Waals surface area (Å²) in [4.78, 5) is 16.7. The Balaban J connectivity index is 2.66. The maximum absolute atomic E-state index is 12.3. The molecular formula is C13H13N3OS. The number of nitrogens with zero attached hydrogens (tertiary/aromatic N) is 3. The Bertz CT molecular complexity index is 672. The molecule has 0 aliphatic carbocycles. The molecule has 5 heteroatoms. The first-order valence-corrected chi connectivity index (χ1v) is 6.61. The van der Waals surface area contributed by atoms with E-state index in [4.69, 9.17) is 5.26 Å². The average molecular weight is 259 g/mol. The van der Waals surface area contributed by atoms with Crippen molar-refractivity contribution in [3.63, 3.8) is 0 Å². The van der Waals surface area contributed by atoms with Crippen molar-refractivity contribution in [3.8, 4) is 6.07 Å². The largest absolute Gasteiger partial charge is 0.287 e. The van der Waals surface area contributed by atoms with Gasteiger partial charge in [0, 0.05) is 6.54 Å². The van der Waals surface area contributed by atoms with Gasteiger partial charge < -0.3 is 0 Å². The predicted molar refractivity (Wildman–Crippen MR) is 72.6 cm³/mol. The minimum absolute atomic E-state index is 0.0456. The molecule has 0 N–H and O–H groups in total. The lowest BCUT2D eigenvalue weighted by atomic mass is 10.2. The van der Waals surface area contributed by atoms with Crippen LogP contribution < -0.4 is 5.56 Å². The monoisotopic (exact) mass is 259 g/mol. The van der Waals surface area contributed by atoms with Gasteiger partial charge in [-0.15, -0.1) is 0 Å². The molecule has 0 saturated heterocycles. The molecule has 0 radical (unpaired) electrons. The second kappa shape index (κ2) is 5.23. The Labute approximate surface area is 109 Å². The van der Waals surface area contributed by atoms with E-state index >= 15 is 0 Å². The molecule has 0 spiro atoms. The van der Waals surface area contributed by atoms with Crippen molar-refractivity contribution in [1.29, 1.82) is 5.26 Å². The molecule has 92 valence electrons. The third-order valence-corrected chi connectivity index (χ3v) is 3.59. The van der Waals surface area contributed by atoms with E-state index in [2.05, 4.69) is 11.1 Å².